The second-order valence-corrected chi connectivity index (χ2v) is 5.62. The quantitative estimate of drug-likeness (QED) is 0.785. The summed E-state index contributed by atoms with van der Waals surface area (Å²) in [4.78, 5) is 12.0. The van der Waals surface area contributed by atoms with Crippen molar-refractivity contribution in [2.75, 3.05) is 29.9 Å². The molecule has 0 aliphatic heterocycles. The topological polar surface area (TPSA) is 41.1 Å². The van der Waals surface area contributed by atoms with Crippen molar-refractivity contribution in [3.8, 4) is 0 Å². The first kappa shape index (κ1) is 15.1. The molecule has 4 nitrogen and oxygen atoms in total. The van der Waals surface area contributed by atoms with Gasteiger partial charge < -0.3 is 10.2 Å². The maximum absolute atomic E-state index is 4.88. The van der Waals surface area contributed by atoms with Gasteiger partial charge in [-0.3, -0.25) is 0 Å². The van der Waals surface area contributed by atoms with Gasteiger partial charge in [0.2, 0.25) is 0 Å². The zero-order chi connectivity index (χ0) is 14.5. The molecular formula is C16H28N4. The lowest BCUT2D eigenvalue weighted by Gasteiger charge is -2.25. The Kier molecular flexibility index (Phi) is 5.21. The Bertz CT molecular complexity index is 440. The van der Waals surface area contributed by atoms with Crippen molar-refractivity contribution >= 4 is 11.6 Å². The van der Waals surface area contributed by atoms with Crippen LogP contribution >= 0.6 is 0 Å². The molecule has 0 aromatic carbocycles. The zero-order valence-electron chi connectivity index (χ0n) is 13.4. The van der Waals surface area contributed by atoms with Gasteiger partial charge in [0, 0.05) is 31.1 Å². The molecule has 1 saturated carbocycles. The summed E-state index contributed by atoms with van der Waals surface area (Å²) in [7, 11) is 0. The number of hydrogen-bond donors (Lipinski definition) is 1. The molecule has 1 fully saturated rings. The first-order chi connectivity index (χ1) is 9.71. The molecule has 2 rings (SSSR count). The maximum Gasteiger partial charge on any atom is 0.137 e. The zero-order valence-corrected chi connectivity index (χ0v) is 13.4. The fourth-order valence-electron chi connectivity index (χ4n) is 2.46. The van der Waals surface area contributed by atoms with Crippen LogP contribution in [0.25, 0.3) is 0 Å². The summed E-state index contributed by atoms with van der Waals surface area (Å²) in [6.07, 6.45) is 4.92. The van der Waals surface area contributed by atoms with Gasteiger partial charge in [0.15, 0.2) is 0 Å². The van der Waals surface area contributed by atoms with Crippen LogP contribution in [0.1, 0.15) is 63.8 Å². The lowest BCUT2D eigenvalue weighted by Crippen LogP contribution is -2.27. The molecule has 20 heavy (non-hydrogen) atoms. The Morgan fingerprint density at radius 1 is 1.20 bits per heavy atom. The average Bonchev–Trinajstić information content (AvgIpc) is 3.28. The molecule has 1 aromatic rings. The van der Waals surface area contributed by atoms with Gasteiger partial charge in [0.1, 0.15) is 17.5 Å². The van der Waals surface area contributed by atoms with Gasteiger partial charge in [0.25, 0.3) is 0 Å². The molecule has 0 radical (unpaired) electrons. The minimum Gasteiger partial charge on any atom is -0.370 e. The molecule has 1 aromatic heterocycles. The second-order valence-electron chi connectivity index (χ2n) is 5.62. The summed E-state index contributed by atoms with van der Waals surface area (Å²) in [5.74, 6) is 3.79. The SMILES string of the molecule is CCCCN(CC)c1nc(C2CC2)nc(NCC)c1C. The second kappa shape index (κ2) is 6.91. The van der Waals surface area contributed by atoms with E-state index in [1.807, 2.05) is 0 Å². The largest absolute Gasteiger partial charge is 0.370 e. The Balaban J connectivity index is 2.32. The summed E-state index contributed by atoms with van der Waals surface area (Å²) in [5.41, 5.74) is 1.19. The normalized spacial score (nSPS) is 14.4. The van der Waals surface area contributed by atoms with E-state index in [4.69, 9.17) is 9.97 Å². The van der Waals surface area contributed by atoms with Crippen LogP contribution in [0.15, 0.2) is 0 Å². The summed E-state index contributed by atoms with van der Waals surface area (Å²) in [6.45, 7) is 11.7. The molecule has 1 aliphatic rings. The van der Waals surface area contributed by atoms with E-state index in [0.717, 1.165) is 37.1 Å². The van der Waals surface area contributed by atoms with E-state index in [9.17, 15) is 0 Å². The highest BCUT2D eigenvalue weighted by Gasteiger charge is 2.28. The molecule has 1 N–H and O–H groups in total. The van der Waals surface area contributed by atoms with Crippen molar-refractivity contribution in [2.45, 2.75) is 59.3 Å². The number of unbranched alkanes of at least 4 members (excludes halogenated alkanes) is 1. The predicted octanol–water partition coefficient (Wildman–Crippen LogP) is 3.72. The number of nitrogens with zero attached hydrogens (tertiary/aromatic N) is 3. The van der Waals surface area contributed by atoms with E-state index >= 15 is 0 Å². The lowest BCUT2D eigenvalue weighted by atomic mass is 10.2. The minimum atomic E-state index is 0.594. The van der Waals surface area contributed by atoms with Crippen molar-refractivity contribution in [1.82, 2.24) is 9.97 Å². The first-order valence-electron chi connectivity index (χ1n) is 8.08. The Morgan fingerprint density at radius 2 is 1.95 bits per heavy atom. The maximum atomic E-state index is 4.88. The molecule has 4 heteroatoms. The fourth-order valence-corrected chi connectivity index (χ4v) is 2.46. The van der Waals surface area contributed by atoms with Crippen molar-refractivity contribution in [3.05, 3.63) is 11.4 Å². The van der Waals surface area contributed by atoms with E-state index in [0.29, 0.717) is 5.92 Å². The number of rotatable bonds is 8. The van der Waals surface area contributed by atoms with E-state index < -0.39 is 0 Å². The molecule has 112 valence electrons. The van der Waals surface area contributed by atoms with E-state index in [-0.39, 0.29) is 0 Å². The molecule has 1 heterocycles. The van der Waals surface area contributed by atoms with E-state index in [2.05, 4.69) is 37.9 Å². The monoisotopic (exact) mass is 276 g/mol. The van der Waals surface area contributed by atoms with Gasteiger partial charge in [-0.2, -0.15) is 0 Å². The highest BCUT2D eigenvalue weighted by molar-refractivity contribution is 5.59. The molecular weight excluding hydrogens is 248 g/mol. The molecule has 0 saturated heterocycles. The van der Waals surface area contributed by atoms with Gasteiger partial charge in [-0.15, -0.1) is 0 Å². The fraction of sp³-hybridized carbons (Fsp3) is 0.750. The third-order valence-electron chi connectivity index (χ3n) is 3.89. The molecule has 0 bridgehead atoms. The number of aromatic nitrogens is 2. The first-order valence-corrected chi connectivity index (χ1v) is 8.08. The van der Waals surface area contributed by atoms with Crippen LogP contribution in [0.5, 0.6) is 0 Å². The summed E-state index contributed by atoms with van der Waals surface area (Å²) >= 11 is 0. The number of hydrogen-bond acceptors (Lipinski definition) is 4. The van der Waals surface area contributed by atoms with Crippen molar-refractivity contribution in [2.24, 2.45) is 0 Å². The Labute approximate surface area is 123 Å². The summed E-state index contributed by atoms with van der Waals surface area (Å²) < 4.78 is 0. The van der Waals surface area contributed by atoms with Crippen LogP contribution in [-0.4, -0.2) is 29.6 Å². The highest BCUT2D eigenvalue weighted by Crippen LogP contribution is 2.40. The van der Waals surface area contributed by atoms with Crippen LogP contribution in [0, 0.1) is 6.92 Å². The van der Waals surface area contributed by atoms with Crippen LogP contribution in [0.2, 0.25) is 0 Å². The third-order valence-corrected chi connectivity index (χ3v) is 3.89. The number of anilines is 2. The van der Waals surface area contributed by atoms with Gasteiger partial charge >= 0.3 is 0 Å². The van der Waals surface area contributed by atoms with Gasteiger partial charge in [-0.25, -0.2) is 9.97 Å². The van der Waals surface area contributed by atoms with Crippen molar-refractivity contribution in [1.29, 1.82) is 0 Å². The minimum absolute atomic E-state index is 0.594. The standard InChI is InChI=1S/C16H28N4/c1-5-8-11-20(7-3)16-12(4)14(17-6-2)18-15(19-16)13-9-10-13/h13H,5-11H2,1-4H3,(H,17,18,19). The molecule has 0 atom stereocenters. The molecule has 1 aliphatic carbocycles. The smallest absolute Gasteiger partial charge is 0.137 e. The van der Waals surface area contributed by atoms with E-state index in [1.54, 1.807) is 0 Å². The molecule has 0 unspecified atom stereocenters. The Morgan fingerprint density at radius 3 is 2.50 bits per heavy atom. The summed E-state index contributed by atoms with van der Waals surface area (Å²) in [5, 5.41) is 3.40. The average molecular weight is 276 g/mol. The third kappa shape index (κ3) is 3.41. The van der Waals surface area contributed by atoms with Crippen LogP contribution in [-0.2, 0) is 0 Å². The lowest BCUT2D eigenvalue weighted by molar-refractivity contribution is 0.716. The van der Waals surface area contributed by atoms with Gasteiger partial charge in [0.05, 0.1) is 0 Å². The van der Waals surface area contributed by atoms with Crippen LogP contribution in [0.4, 0.5) is 11.6 Å². The Hall–Kier alpha value is -1.32. The van der Waals surface area contributed by atoms with E-state index in [1.165, 1.54) is 31.2 Å². The highest BCUT2D eigenvalue weighted by atomic mass is 15.2. The number of nitrogens with one attached hydrogen (secondary N) is 1. The molecule has 0 amide bonds. The van der Waals surface area contributed by atoms with Crippen LogP contribution < -0.4 is 10.2 Å². The predicted molar refractivity (Wildman–Crippen MR) is 85.7 cm³/mol. The molecule has 0 spiro atoms. The van der Waals surface area contributed by atoms with Crippen molar-refractivity contribution in [3.63, 3.8) is 0 Å². The summed E-state index contributed by atoms with van der Waals surface area (Å²) in [6, 6.07) is 0. The van der Waals surface area contributed by atoms with Gasteiger partial charge in [-0.1, -0.05) is 13.3 Å². The van der Waals surface area contributed by atoms with Gasteiger partial charge in [-0.05, 0) is 40.0 Å². The van der Waals surface area contributed by atoms with Crippen molar-refractivity contribution < 1.29 is 0 Å². The van der Waals surface area contributed by atoms with Crippen LogP contribution in [0.3, 0.4) is 0 Å².